The van der Waals surface area contributed by atoms with Gasteiger partial charge < -0.3 is 10.6 Å². The molecule has 3 rings (SSSR count). The number of halogens is 1. The van der Waals surface area contributed by atoms with Crippen LogP contribution in [0.15, 0.2) is 67.3 Å². The molecule has 2 aromatic carbocycles. The smallest absolute Gasteiger partial charge is 0.319 e. The van der Waals surface area contributed by atoms with E-state index in [4.69, 9.17) is 11.6 Å². The minimum Gasteiger partial charge on any atom is -0.329 e. The number of para-hydroxylation sites is 1. The van der Waals surface area contributed by atoms with Crippen molar-refractivity contribution >= 4 is 23.3 Å². The largest absolute Gasteiger partial charge is 0.329 e. The summed E-state index contributed by atoms with van der Waals surface area (Å²) < 4.78 is 1.67. The third-order valence-electron chi connectivity index (χ3n) is 3.47. The second-order valence-electron chi connectivity index (χ2n) is 5.16. The number of rotatable bonds is 5. The van der Waals surface area contributed by atoms with Crippen molar-refractivity contribution in [2.24, 2.45) is 0 Å². The van der Waals surface area contributed by atoms with Gasteiger partial charge in [0.25, 0.3) is 0 Å². The maximum absolute atomic E-state index is 12.4. The molecule has 0 aliphatic carbocycles. The molecule has 1 heterocycles. The van der Waals surface area contributed by atoms with E-state index < -0.39 is 0 Å². The minimum atomic E-state index is -0.336. The Labute approximate surface area is 144 Å². The monoisotopic (exact) mass is 341 g/mol. The lowest BCUT2D eigenvalue weighted by Crippen LogP contribution is -2.35. The van der Waals surface area contributed by atoms with Crippen LogP contribution in [0.1, 0.15) is 11.6 Å². The van der Waals surface area contributed by atoms with Crippen molar-refractivity contribution in [1.82, 2.24) is 20.1 Å². The fourth-order valence-electron chi connectivity index (χ4n) is 2.31. The molecule has 0 radical (unpaired) electrons. The molecular formula is C17H16ClN5O. The molecule has 0 spiro atoms. The molecule has 0 saturated carbocycles. The normalized spacial score (nSPS) is 11.7. The summed E-state index contributed by atoms with van der Waals surface area (Å²) >= 11 is 6.07. The van der Waals surface area contributed by atoms with Crippen LogP contribution in [-0.2, 0) is 6.54 Å². The highest BCUT2D eigenvalue weighted by atomic mass is 35.5. The Kier molecular flexibility index (Phi) is 5.08. The quantitative estimate of drug-likeness (QED) is 0.746. The van der Waals surface area contributed by atoms with Crippen molar-refractivity contribution in [3.8, 4) is 0 Å². The van der Waals surface area contributed by atoms with E-state index in [1.807, 2.05) is 42.5 Å². The molecule has 7 heteroatoms. The number of urea groups is 1. The standard InChI is InChI=1S/C17H16ClN5O/c18-14-8-4-5-9-15(14)21-17(24)22-16(10-23-12-19-11-20-23)13-6-2-1-3-7-13/h1-9,11-12,16H,10H2,(H2,21,22,24)/t16-/m1/s1. The molecule has 1 aromatic heterocycles. The van der Waals surface area contributed by atoms with Crippen LogP contribution in [0.4, 0.5) is 10.5 Å². The van der Waals surface area contributed by atoms with Gasteiger partial charge >= 0.3 is 6.03 Å². The predicted octanol–water partition coefficient (Wildman–Crippen LogP) is 3.49. The van der Waals surface area contributed by atoms with E-state index in [0.29, 0.717) is 17.3 Å². The van der Waals surface area contributed by atoms with E-state index in [9.17, 15) is 4.79 Å². The summed E-state index contributed by atoms with van der Waals surface area (Å²) in [6.07, 6.45) is 3.08. The molecule has 0 fully saturated rings. The van der Waals surface area contributed by atoms with Crippen molar-refractivity contribution in [1.29, 1.82) is 0 Å². The van der Waals surface area contributed by atoms with Crippen molar-refractivity contribution in [2.45, 2.75) is 12.6 Å². The zero-order valence-corrected chi connectivity index (χ0v) is 13.5. The molecule has 6 nitrogen and oxygen atoms in total. The van der Waals surface area contributed by atoms with Gasteiger partial charge in [-0.3, -0.25) is 4.68 Å². The molecule has 2 amide bonds. The van der Waals surface area contributed by atoms with Gasteiger partial charge in [-0.2, -0.15) is 5.10 Å². The van der Waals surface area contributed by atoms with Gasteiger partial charge in [-0.15, -0.1) is 0 Å². The highest BCUT2D eigenvalue weighted by Gasteiger charge is 2.16. The zero-order valence-electron chi connectivity index (χ0n) is 12.8. The summed E-state index contributed by atoms with van der Waals surface area (Å²) in [6, 6.07) is 16.2. The Balaban J connectivity index is 1.74. The molecule has 1 atom stereocenters. The number of hydrogen-bond acceptors (Lipinski definition) is 3. The third kappa shape index (κ3) is 4.11. The fraction of sp³-hybridized carbons (Fsp3) is 0.118. The first-order valence-electron chi connectivity index (χ1n) is 7.42. The summed E-state index contributed by atoms with van der Waals surface area (Å²) in [7, 11) is 0. The van der Waals surface area contributed by atoms with Crippen LogP contribution in [-0.4, -0.2) is 20.8 Å². The first kappa shape index (κ1) is 16.0. The summed E-state index contributed by atoms with van der Waals surface area (Å²) in [6.45, 7) is 0.472. The number of aromatic nitrogens is 3. The average molecular weight is 342 g/mol. The molecule has 0 saturated heterocycles. The zero-order chi connectivity index (χ0) is 16.8. The second-order valence-corrected chi connectivity index (χ2v) is 5.57. The molecule has 122 valence electrons. The van der Waals surface area contributed by atoms with Crippen LogP contribution in [0.2, 0.25) is 5.02 Å². The summed E-state index contributed by atoms with van der Waals surface area (Å²) in [5.41, 5.74) is 1.53. The maximum atomic E-state index is 12.4. The molecule has 0 unspecified atom stereocenters. The van der Waals surface area contributed by atoms with Gasteiger partial charge in [0.05, 0.1) is 23.3 Å². The van der Waals surface area contributed by atoms with Crippen molar-refractivity contribution in [3.63, 3.8) is 0 Å². The molecule has 2 N–H and O–H groups in total. The van der Waals surface area contributed by atoms with Gasteiger partial charge in [0.15, 0.2) is 0 Å². The summed E-state index contributed by atoms with van der Waals surface area (Å²) in [4.78, 5) is 16.3. The van der Waals surface area contributed by atoms with Crippen molar-refractivity contribution < 1.29 is 4.79 Å². The number of hydrogen-bond donors (Lipinski definition) is 2. The Bertz CT molecular complexity index is 792. The van der Waals surface area contributed by atoms with Crippen molar-refractivity contribution in [2.75, 3.05) is 5.32 Å². The fourth-order valence-corrected chi connectivity index (χ4v) is 2.50. The number of amides is 2. The van der Waals surface area contributed by atoms with Gasteiger partial charge in [-0.1, -0.05) is 54.1 Å². The van der Waals surface area contributed by atoms with E-state index in [1.165, 1.54) is 6.33 Å². The lowest BCUT2D eigenvalue weighted by Gasteiger charge is -2.19. The SMILES string of the molecule is O=C(Nc1ccccc1Cl)N[C@H](Cn1cncn1)c1ccccc1. The van der Waals surface area contributed by atoms with Gasteiger partial charge in [-0.05, 0) is 17.7 Å². The third-order valence-corrected chi connectivity index (χ3v) is 3.80. The highest BCUT2D eigenvalue weighted by Crippen LogP contribution is 2.21. The van der Waals surface area contributed by atoms with E-state index in [1.54, 1.807) is 23.1 Å². The second kappa shape index (κ2) is 7.61. The molecule has 24 heavy (non-hydrogen) atoms. The van der Waals surface area contributed by atoms with Gasteiger partial charge in [0.1, 0.15) is 12.7 Å². The molecule has 3 aromatic rings. The highest BCUT2D eigenvalue weighted by molar-refractivity contribution is 6.33. The van der Waals surface area contributed by atoms with Crippen LogP contribution in [0.25, 0.3) is 0 Å². The van der Waals surface area contributed by atoms with Gasteiger partial charge in [-0.25, -0.2) is 9.78 Å². The van der Waals surface area contributed by atoms with Gasteiger partial charge in [0, 0.05) is 0 Å². The Morgan fingerprint density at radius 3 is 2.58 bits per heavy atom. The number of benzene rings is 2. The lowest BCUT2D eigenvalue weighted by molar-refractivity contribution is 0.246. The van der Waals surface area contributed by atoms with Gasteiger partial charge in [0.2, 0.25) is 0 Å². The van der Waals surface area contributed by atoms with Crippen LogP contribution in [0.5, 0.6) is 0 Å². The number of carbonyl (C=O) groups is 1. The van der Waals surface area contributed by atoms with Crippen LogP contribution >= 0.6 is 11.6 Å². The molecule has 0 aliphatic heterocycles. The van der Waals surface area contributed by atoms with Crippen LogP contribution in [0, 0.1) is 0 Å². The number of anilines is 1. The topological polar surface area (TPSA) is 71.8 Å². The van der Waals surface area contributed by atoms with Crippen LogP contribution in [0.3, 0.4) is 0 Å². The van der Waals surface area contributed by atoms with E-state index in [2.05, 4.69) is 20.7 Å². The van der Waals surface area contributed by atoms with E-state index in [-0.39, 0.29) is 12.1 Å². The predicted molar refractivity (Wildman–Crippen MR) is 92.8 cm³/mol. The molecule has 0 bridgehead atoms. The Morgan fingerprint density at radius 1 is 1.12 bits per heavy atom. The van der Waals surface area contributed by atoms with E-state index >= 15 is 0 Å². The first-order chi connectivity index (χ1) is 11.7. The number of carbonyl (C=O) groups excluding carboxylic acids is 1. The summed E-state index contributed by atoms with van der Waals surface area (Å²) in [5, 5.41) is 10.3. The number of nitrogens with one attached hydrogen (secondary N) is 2. The summed E-state index contributed by atoms with van der Waals surface area (Å²) in [5.74, 6) is 0. The maximum Gasteiger partial charge on any atom is 0.319 e. The molecular weight excluding hydrogens is 326 g/mol. The first-order valence-corrected chi connectivity index (χ1v) is 7.79. The van der Waals surface area contributed by atoms with E-state index in [0.717, 1.165) is 5.56 Å². The van der Waals surface area contributed by atoms with Crippen LogP contribution < -0.4 is 10.6 Å². The Hall–Kier alpha value is -2.86. The average Bonchev–Trinajstić information content (AvgIpc) is 3.10. The Morgan fingerprint density at radius 2 is 1.88 bits per heavy atom. The number of nitrogens with zero attached hydrogens (tertiary/aromatic N) is 3. The van der Waals surface area contributed by atoms with Crippen molar-refractivity contribution in [3.05, 3.63) is 77.8 Å². The lowest BCUT2D eigenvalue weighted by atomic mass is 10.1. The molecule has 0 aliphatic rings. The minimum absolute atomic E-state index is 0.254.